The van der Waals surface area contributed by atoms with Gasteiger partial charge in [0.15, 0.2) is 5.69 Å². The Balaban J connectivity index is 2.89. The number of amides is 2. The van der Waals surface area contributed by atoms with E-state index in [2.05, 4.69) is 10.3 Å². The lowest BCUT2D eigenvalue weighted by molar-refractivity contribution is -0.135. The number of ether oxygens (including phenoxy) is 2. The molecule has 0 unspecified atom stereocenters. The summed E-state index contributed by atoms with van der Waals surface area (Å²) in [5.74, 6) is -0.889. The first-order valence-electron chi connectivity index (χ1n) is 9.26. The fourth-order valence-corrected chi connectivity index (χ4v) is 3.19. The van der Waals surface area contributed by atoms with Crippen LogP contribution in [-0.2, 0) is 14.3 Å². The summed E-state index contributed by atoms with van der Waals surface area (Å²) in [6.45, 7) is 12.8. The number of carbonyl (C=O) groups is 3. The second kappa shape index (κ2) is 9.86. The summed E-state index contributed by atoms with van der Waals surface area (Å²) < 4.78 is 10.2. The van der Waals surface area contributed by atoms with Crippen molar-refractivity contribution in [2.24, 2.45) is 5.92 Å². The molecule has 1 heterocycles. The quantitative estimate of drug-likeness (QED) is 0.688. The second-order valence-corrected chi connectivity index (χ2v) is 8.67. The van der Waals surface area contributed by atoms with Gasteiger partial charge in [0.05, 0.1) is 12.6 Å². The van der Waals surface area contributed by atoms with E-state index in [1.165, 1.54) is 16.2 Å². The van der Waals surface area contributed by atoms with E-state index in [1.807, 2.05) is 20.8 Å². The second-order valence-electron chi connectivity index (χ2n) is 7.78. The van der Waals surface area contributed by atoms with Crippen molar-refractivity contribution < 1.29 is 23.9 Å². The molecular formula is C19H31N3O5S. The molecule has 0 fully saturated rings. The smallest absolute Gasteiger partial charge is 0.408 e. The highest BCUT2D eigenvalue weighted by molar-refractivity contribution is 7.09. The molecule has 0 saturated carbocycles. The molecule has 0 saturated heterocycles. The van der Waals surface area contributed by atoms with Crippen LogP contribution in [0.2, 0.25) is 0 Å². The third-order valence-corrected chi connectivity index (χ3v) is 4.91. The van der Waals surface area contributed by atoms with Gasteiger partial charge in [-0.3, -0.25) is 4.79 Å². The molecule has 9 heteroatoms. The van der Waals surface area contributed by atoms with Gasteiger partial charge in [-0.15, -0.1) is 11.3 Å². The highest BCUT2D eigenvalue weighted by atomic mass is 32.1. The summed E-state index contributed by atoms with van der Waals surface area (Å²) in [5.41, 5.74) is -0.431. The molecule has 28 heavy (non-hydrogen) atoms. The predicted octanol–water partition coefficient (Wildman–Crippen LogP) is 3.39. The summed E-state index contributed by atoms with van der Waals surface area (Å²) in [6.07, 6.45) is -0.639. The number of aromatic nitrogens is 1. The van der Waals surface area contributed by atoms with Crippen molar-refractivity contribution in [3.05, 3.63) is 16.1 Å². The zero-order valence-electron chi connectivity index (χ0n) is 17.9. The van der Waals surface area contributed by atoms with Crippen LogP contribution in [0.15, 0.2) is 5.38 Å². The van der Waals surface area contributed by atoms with Gasteiger partial charge in [-0.1, -0.05) is 13.8 Å². The monoisotopic (exact) mass is 413 g/mol. The van der Waals surface area contributed by atoms with Gasteiger partial charge in [0.1, 0.15) is 16.7 Å². The van der Waals surface area contributed by atoms with Crippen LogP contribution in [0.25, 0.3) is 0 Å². The molecule has 0 aliphatic heterocycles. The third kappa shape index (κ3) is 6.78. The molecule has 0 bridgehead atoms. The molecule has 2 amide bonds. The van der Waals surface area contributed by atoms with Crippen LogP contribution in [0.3, 0.4) is 0 Å². The maximum Gasteiger partial charge on any atom is 0.408 e. The highest BCUT2D eigenvalue weighted by Gasteiger charge is 2.32. The SMILES string of the molecule is CCOC(=O)c1csc([C@H](C)N(C)C(=O)[C@@H](NC(=O)OC(C)(C)C)C(C)C)n1. The zero-order valence-corrected chi connectivity index (χ0v) is 18.7. The van der Waals surface area contributed by atoms with Gasteiger partial charge >= 0.3 is 12.1 Å². The first-order chi connectivity index (χ1) is 12.9. The Hall–Kier alpha value is -2.16. The largest absolute Gasteiger partial charge is 0.461 e. The van der Waals surface area contributed by atoms with Gasteiger partial charge in [-0.2, -0.15) is 0 Å². The van der Waals surface area contributed by atoms with Crippen LogP contribution in [-0.4, -0.2) is 53.2 Å². The fraction of sp³-hybridized carbons (Fsp3) is 0.684. The molecule has 2 atom stereocenters. The molecule has 8 nitrogen and oxygen atoms in total. The molecule has 158 valence electrons. The Labute approximate surface area is 170 Å². The van der Waals surface area contributed by atoms with Crippen molar-refractivity contribution in [3.8, 4) is 0 Å². The number of hydrogen-bond acceptors (Lipinski definition) is 7. The van der Waals surface area contributed by atoms with Crippen LogP contribution >= 0.6 is 11.3 Å². The molecule has 0 spiro atoms. The zero-order chi connectivity index (χ0) is 21.6. The molecule has 0 aliphatic rings. The molecule has 0 aromatic carbocycles. The van der Waals surface area contributed by atoms with Crippen molar-refractivity contribution in [1.29, 1.82) is 0 Å². The minimum absolute atomic E-state index is 0.138. The van der Waals surface area contributed by atoms with E-state index in [4.69, 9.17) is 9.47 Å². The molecule has 0 radical (unpaired) electrons. The summed E-state index contributed by atoms with van der Waals surface area (Å²) in [5, 5.41) is 4.88. The Kier molecular flexibility index (Phi) is 8.41. The number of carbonyl (C=O) groups excluding carboxylic acids is 3. The van der Waals surface area contributed by atoms with Gasteiger partial charge in [0, 0.05) is 12.4 Å². The first-order valence-corrected chi connectivity index (χ1v) is 10.1. The molecule has 1 aromatic rings. The number of nitrogens with zero attached hydrogens (tertiary/aromatic N) is 2. The molecule has 1 aromatic heterocycles. The van der Waals surface area contributed by atoms with Crippen LogP contribution in [0.1, 0.15) is 70.0 Å². The van der Waals surface area contributed by atoms with E-state index >= 15 is 0 Å². The lowest BCUT2D eigenvalue weighted by atomic mass is 10.0. The number of esters is 1. The third-order valence-electron chi connectivity index (χ3n) is 3.90. The number of nitrogens with one attached hydrogen (secondary N) is 1. The van der Waals surface area contributed by atoms with Crippen molar-refractivity contribution in [3.63, 3.8) is 0 Å². The van der Waals surface area contributed by atoms with E-state index in [0.29, 0.717) is 5.01 Å². The number of alkyl carbamates (subject to hydrolysis) is 1. The van der Waals surface area contributed by atoms with Crippen molar-refractivity contribution in [2.75, 3.05) is 13.7 Å². The standard InChI is InChI=1S/C19H31N3O5S/c1-9-26-17(24)13-10-28-15(20-13)12(4)22(8)16(23)14(11(2)3)21-18(25)27-19(5,6)7/h10-12,14H,9H2,1-8H3,(H,21,25)/t12-,14-/m0/s1. The van der Waals surface area contributed by atoms with Gasteiger partial charge in [0.2, 0.25) is 5.91 Å². The maximum atomic E-state index is 13.0. The lowest BCUT2D eigenvalue weighted by Gasteiger charge is -2.31. The van der Waals surface area contributed by atoms with Crippen molar-refractivity contribution in [1.82, 2.24) is 15.2 Å². The van der Waals surface area contributed by atoms with Crippen molar-refractivity contribution in [2.45, 2.75) is 66.2 Å². The number of hydrogen-bond donors (Lipinski definition) is 1. The normalized spacial score (nSPS) is 13.6. The van der Waals surface area contributed by atoms with Crippen LogP contribution in [0.5, 0.6) is 0 Å². The number of thiazole rings is 1. The summed E-state index contributed by atoms with van der Waals surface area (Å²) in [4.78, 5) is 42.7. The summed E-state index contributed by atoms with van der Waals surface area (Å²) >= 11 is 1.28. The van der Waals surface area contributed by atoms with E-state index in [1.54, 1.807) is 40.1 Å². The molecule has 1 rings (SSSR count). The van der Waals surface area contributed by atoms with Crippen molar-refractivity contribution >= 4 is 29.3 Å². The van der Waals surface area contributed by atoms with Gasteiger partial charge in [0.25, 0.3) is 0 Å². The minimum Gasteiger partial charge on any atom is -0.461 e. The van der Waals surface area contributed by atoms with E-state index in [0.717, 1.165) is 0 Å². The molecular weight excluding hydrogens is 382 g/mol. The Bertz CT molecular complexity index is 696. The number of rotatable bonds is 7. The molecule has 1 N–H and O–H groups in total. The first kappa shape index (κ1) is 23.9. The minimum atomic E-state index is -0.744. The Morgan fingerprint density at radius 3 is 2.36 bits per heavy atom. The molecule has 0 aliphatic carbocycles. The fourth-order valence-electron chi connectivity index (χ4n) is 2.30. The van der Waals surface area contributed by atoms with Crippen LogP contribution in [0.4, 0.5) is 4.79 Å². The van der Waals surface area contributed by atoms with Crippen LogP contribution in [0, 0.1) is 5.92 Å². The van der Waals surface area contributed by atoms with Gasteiger partial charge in [-0.05, 0) is 40.5 Å². The lowest BCUT2D eigenvalue weighted by Crippen LogP contribution is -2.51. The Morgan fingerprint density at radius 2 is 1.86 bits per heavy atom. The van der Waals surface area contributed by atoms with E-state index < -0.39 is 23.7 Å². The van der Waals surface area contributed by atoms with Gasteiger partial charge in [-0.25, -0.2) is 14.6 Å². The maximum absolute atomic E-state index is 13.0. The Morgan fingerprint density at radius 1 is 1.25 bits per heavy atom. The van der Waals surface area contributed by atoms with Crippen LogP contribution < -0.4 is 5.32 Å². The van der Waals surface area contributed by atoms with E-state index in [-0.39, 0.29) is 30.2 Å². The summed E-state index contributed by atoms with van der Waals surface area (Å²) in [7, 11) is 1.64. The average molecular weight is 414 g/mol. The topological polar surface area (TPSA) is 97.8 Å². The van der Waals surface area contributed by atoms with E-state index in [9.17, 15) is 14.4 Å². The predicted molar refractivity (Wildman–Crippen MR) is 107 cm³/mol. The number of likely N-dealkylation sites (N-methyl/N-ethyl adjacent to an activating group) is 1. The highest BCUT2D eigenvalue weighted by Crippen LogP contribution is 2.24. The van der Waals surface area contributed by atoms with Gasteiger partial charge < -0.3 is 19.7 Å². The average Bonchev–Trinajstić information content (AvgIpc) is 3.06. The summed E-state index contributed by atoms with van der Waals surface area (Å²) in [6, 6.07) is -1.12.